The molecule has 25 heavy (non-hydrogen) atoms. The largest absolute Gasteiger partial charge is 0.492 e. The molecule has 136 valence electrons. The van der Waals surface area contributed by atoms with Crippen LogP contribution in [-0.2, 0) is 14.3 Å². The van der Waals surface area contributed by atoms with Crippen molar-refractivity contribution in [2.24, 2.45) is 5.41 Å². The molecule has 0 aliphatic carbocycles. The molecule has 0 aromatic heterocycles. The van der Waals surface area contributed by atoms with Gasteiger partial charge in [0, 0.05) is 44.7 Å². The second-order valence-corrected chi connectivity index (χ2v) is 6.92. The molecule has 0 bridgehead atoms. The van der Waals surface area contributed by atoms with E-state index in [2.05, 4.69) is 0 Å². The molecular weight excluding hydrogens is 322 g/mol. The summed E-state index contributed by atoms with van der Waals surface area (Å²) in [7, 11) is 1.67. The van der Waals surface area contributed by atoms with Crippen LogP contribution in [0, 0.1) is 5.41 Å². The molecule has 2 aliphatic heterocycles. The van der Waals surface area contributed by atoms with Crippen LogP contribution in [0.4, 0.5) is 0 Å². The van der Waals surface area contributed by atoms with Crippen molar-refractivity contribution < 1.29 is 24.2 Å². The van der Waals surface area contributed by atoms with Gasteiger partial charge in [-0.15, -0.1) is 0 Å². The number of carboxylic acid groups (broad SMARTS) is 1. The summed E-state index contributed by atoms with van der Waals surface area (Å²) >= 11 is 0. The third-order valence-electron chi connectivity index (χ3n) is 5.34. The van der Waals surface area contributed by atoms with Crippen LogP contribution in [-0.4, -0.2) is 55.3 Å². The van der Waals surface area contributed by atoms with E-state index in [1.54, 1.807) is 12.0 Å². The van der Waals surface area contributed by atoms with Gasteiger partial charge < -0.3 is 19.5 Å². The van der Waals surface area contributed by atoms with Crippen molar-refractivity contribution in [3.05, 3.63) is 29.8 Å². The summed E-state index contributed by atoms with van der Waals surface area (Å²) in [5.74, 6) is -0.335. The number of unbranched alkanes of at least 4 members (excludes halogenated alkanes) is 2. The van der Waals surface area contributed by atoms with Crippen LogP contribution < -0.4 is 4.74 Å². The number of carbonyl (C=O) groups excluding carboxylic acids is 1. The van der Waals surface area contributed by atoms with E-state index < -0.39 is 11.4 Å². The normalized spacial score (nSPS) is 24.4. The first kappa shape index (κ1) is 17.7. The lowest BCUT2D eigenvalue weighted by Gasteiger charge is -2.35. The maximum atomic E-state index is 12.6. The van der Waals surface area contributed by atoms with Gasteiger partial charge in [0.15, 0.2) is 0 Å². The highest BCUT2D eigenvalue weighted by Gasteiger charge is 2.57. The van der Waals surface area contributed by atoms with Crippen molar-refractivity contribution in [1.82, 2.24) is 4.90 Å². The smallest absolute Gasteiger partial charge is 0.315 e. The second kappa shape index (κ2) is 7.44. The number of benzene rings is 1. The van der Waals surface area contributed by atoms with Crippen LogP contribution in [0.1, 0.15) is 37.2 Å². The summed E-state index contributed by atoms with van der Waals surface area (Å²) in [5, 5.41) is 9.87. The van der Waals surface area contributed by atoms with Crippen molar-refractivity contribution in [3.63, 3.8) is 0 Å². The number of nitrogens with zero attached hydrogens (tertiary/aromatic N) is 1. The van der Waals surface area contributed by atoms with Crippen molar-refractivity contribution in [2.75, 3.05) is 33.4 Å². The third-order valence-corrected chi connectivity index (χ3v) is 5.34. The zero-order valence-electron chi connectivity index (χ0n) is 14.6. The van der Waals surface area contributed by atoms with Gasteiger partial charge in [0.1, 0.15) is 17.8 Å². The van der Waals surface area contributed by atoms with Crippen LogP contribution >= 0.6 is 0 Å². The van der Waals surface area contributed by atoms with Gasteiger partial charge in [-0.05, 0) is 18.9 Å². The lowest BCUT2D eigenvalue weighted by molar-refractivity contribution is -0.152. The first-order valence-electron chi connectivity index (χ1n) is 8.80. The zero-order chi connectivity index (χ0) is 17.9. The minimum Gasteiger partial charge on any atom is -0.492 e. The SMILES string of the molecule is COCCCCCC(=O)N1C[C@@H]2c3ccccc3OC[C@]2(C(=O)O)C1. The topological polar surface area (TPSA) is 76.1 Å². The van der Waals surface area contributed by atoms with E-state index >= 15 is 0 Å². The first-order valence-corrected chi connectivity index (χ1v) is 8.80. The van der Waals surface area contributed by atoms with Gasteiger partial charge in [0.25, 0.3) is 0 Å². The van der Waals surface area contributed by atoms with Gasteiger partial charge in [-0.2, -0.15) is 0 Å². The molecule has 2 atom stereocenters. The van der Waals surface area contributed by atoms with Crippen LogP contribution in [0.2, 0.25) is 0 Å². The van der Waals surface area contributed by atoms with Crippen LogP contribution in [0.25, 0.3) is 0 Å². The van der Waals surface area contributed by atoms with Crippen LogP contribution in [0.3, 0.4) is 0 Å². The fraction of sp³-hybridized carbons (Fsp3) is 0.579. The van der Waals surface area contributed by atoms with E-state index in [1.165, 1.54) is 0 Å². The fourth-order valence-electron chi connectivity index (χ4n) is 3.89. The molecule has 1 amide bonds. The molecule has 1 N–H and O–H groups in total. The number of hydrogen-bond donors (Lipinski definition) is 1. The van der Waals surface area contributed by atoms with E-state index in [-0.39, 0.29) is 25.0 Å². The van der Waals surface area contributed by atoms with E-state index in [0.717, 1.165) is 30.6 Å². The monoisotopic (exact) mass is 347 g/mol. The maximum absolute atomic E-state index is 12.6. The van der Waals surface area contributed by atoms with Gasteiger partial charge in [0.05, 0.1) is 0 Å². The Labute approximate surface area is 147 Å². The molecule has 1 aromatic carbocycles. The van der Waals surface area contributed by atoms with Crippen molar-refractivity contribution in [1.29, 1.82) is 0 Å². The molecule has 2 heterocycles. The highest BCUT2D eigenvalue weighted by atomic mass is 16.5. The lowest BCUT2D eigenvalue weighted by Crippen LogP contribution is -2.46. The Kier molecular flexibility index (Phi) is 5.27. The Bertz CT molecular complexity index is 646. The molecule has 0 radical (unpaired) electrons. The van der Waals surface area contributed by atoms with Crippen LogP contribution in [0.15, 0.2) is 24.3 Å². The Morgan fingerprint density at radius 1 is 1.32 bits per heavy atom. The number of carboxylic acids is 1. The van der Waals surface area contributed by atoms with E-state index in [0.29, 0.717) is 19.6 Å². The number of amides is 1. The lowest BCUT2D eigenvalue weighted by atomic mass is 9.73. The zero-order valence-corrected chi connectivity index (χ0v) is 14.6. The molecule has 3 rings (SSSR count). The third kappa shape index (κ3) is 3.35. The molecule has 1 saturated heterocycles. The molecule has 0 spiro atoms. The molecular formula is C19H25NO5. The first-order chi connectivity index (χ1) is 12.1. The van der Waals surface area contributed by atoms with Gasteiger partial charge >= 0.3 is 5.97 Å². The quantitative estimate of drug-likeness (QED) is 0.766. The summed E-state index contributed by atoms with van der Waals surface area (Å²) in [5.41, 5.74) is -0.147. The number of likely N-dealkylation sites (tertiary alicyclic amines) is 1. The summed E-state index contributed by atoms with van der Waals surface area (Å²) in [6.07, 6.45) is 3.13. The molecule has 1 aromatic rings. The fourth-order valence-corrected chi connectivity index (χ4v) is 3.89. The Balaban J connectivity index is 1.70. The number of carbonyl (C=O) groups is 2. The van der Waals surface area contributed by atoms with Gasteiger partial charge in [-0.1, -0.05) is 24.6 Å². The highest BCUT2D eigenvalue weighted by molar-refractivity contribution is 5.82. The maximum Gasteiger partial charge on any atom is 0.315 e. The average Bonchev–Trinajstić information content (AvgIpc) is 3.03. The standard InChI is InChI=1S/C19H25NO5/c1-24-10-6-2-3-9-17(21)20-11-15-14-7-4-5-8-16(14)25-13-19(15,12-20)18(22)23/h4-5,7-8,15H,2-3,6,9-13H2,1H3,(H,22,23)/t15-,19-/m1/s1. The van der Waals surface area contributed by atoms with Gasteiger partial charge in [-0.25, -0.2) is 0 Å². The predicted molar refractivity (Wildman–Crippen MR) is 91.7 cm³/mol. The average molecular weight is 347 g/mol. The van der Waals surface area contributed by atoms with Crippen LogP contribution in [0.5, 0.6) is 5.75 Å². The number of para-hydroxylation sites is 1. The molecule has 0 unspecified atom stereocenters. The summed E-state index contributed by atoms with van der Waals surface area (Å²) in [4.78, 5) is 26.3. The highest BCUT2D eigenvalue weighted by Crippen LogP contribution is 2.49. The number of methoxy groups -OCH3 is 1. The summed E-state index contributed by atoms with van der Waals surface area (Å²) < 4.78 is 10.7. The Morgan fingerprint density at radius 2 is 2.12 bits per heavy atom. The van der Waals surface area contributed by atoms with E-state index in [4.69, 9.17) is 9.47 Å². The Hall–Kier alpha value is -2.08. The van der Waals surface area contributed by atoms with E-state index in [1.807, 2.05) is 24.3 Å². The number of aliphatic carboxylic acids is 1. The van der Waals surface area contributed by atoms with Crippen molar-refractivity contribution in [3.8, 4) is 5.75 Å². The van der Waals surface area contributed by atoms with Gasteiger partial charge in [-0.3, -0.25) is 9.59 Å². The number of ether oxygens (including phenoxy) is 2. The molecule has 6 heteroatoms. The summed E-state index contributed by atoms with van der Waals surface area (Å²) in [6, 6.07) is 7.54. The molecule has 0 saturated carbocycles. The van der Waals surface area contributed by atoms with Crippen molar-refractivity contribution in [2.45, 2.75) is 31.6 Å². The number of rotatable bonds is 7. The van der Waals surface area contributed by atoms with Gasteiger partial charge in [0.2, 0.25) is 5.91 Å². The predicted octanol–water partition coefficient (Wildman–Crippen LogP) is 2.28. The van der Waals surface area contributed by atoms with E-state index in [9.17, 15) is 14.7 Å². The second-order valence-electron chi connectivity index (χ2n) is 6.92. The molecule has 6 nitrogen and oxygen atoms in total. The minimum absolute atomic E-state index is 0.0323. The molecule has 2 aliphatic rings. The number of hydrogen-bond acceptors (Lipinski definition) is 4. The van der Waals surface area contributed by atoms with Crippen molar-refractivity contribution >= 4 is 11.9 Å². The summed E-state index contributed by atoms with van der Waals surface area (Å²) in [6.45, 7) is 1.49. The Morgan fingerprint density at radius 3 is 2.88 bits per heavy atom. The minimum atomic E-state index is -1.04. The number of fused-ring (bicyclic) bond motifs is 3. The molecule has 1 fully saturated rings.